The van der Waals surface area contributed by atoms with E-state index in [-0.39, 0.29) is 11.0 Å². The Morgan fingerprint density at radius 1 is 1.25 bits per heavy atom. The first-order valence-electron chi connectivity index (χ1n) is 5.80. The van der Waals surface area contributed by atoms with Gasteiger partial charge >= 0.3 is 0 Å². The van der Waals surface area contributed by atoms with Crippen molar-refractivity contribution in [2.75, 3.05) is 17.2 Å². The zero-order chi connectivity index (χ0) is 12.1. The zero-order valence-electron chi connectivity index (χ0n) is 11.1. The molecule has 0 amide bonds. The molecule has 0 saturated heterocycles. The Morgan fingerprint density at radius 3 is 2.50 bits per heavy atom. The molecule has 0 saturated carbocycles. The third kappa shape index (κ3) is 1.47. The monoisotopic (exact) mass is 222 g/mol. The van der Waals surface area contributed by atoms with E-state index in [9.17, 15) is 0 Å². The van der Waals surface area contributed by atoms with Crippen LogP contribution in [0.4, 0.5) is 11.5 Å². The van der Waals surface area contributed by atoms with Crippen LogP contribution < -0.4 is 10.6 Å². The topological polar surface area (TPSA) is 41.9 Å². The van der Waals surface area contributed by atoms with Gasteiger partial charge in [0.05, 0.1) is 5.69 Å². The van der Waals surface area contributed by atoms with Crippen LogP contribution in [0.3, 0.4) is 0 Å². The first-order chi connectivity index (χ1) is 7.24. The third-order valence-corrected chi connectivity index (χ3v) is 4.05. The van der Waals surface area contributed by atoms with Crippen LogP contribution in [-0.4, -0.2) is 21.9 Å². The number of fused-ring (bicyclic) bond motifs is 1. The molecule has 4 nitrogen and oxygen atoms in total. The quantitative estimate of drug-likeness (QED) is 0.708. The predicted molar refractivity (Wildman–Crippen MR) is 67.9 cm³/mol. The number of aromatic nitrogens is 2. The van der Waals surface area contributed by atoms with Crippen LogP contribution in [0.15, 0.2) is 0 Å². The van der Waals surface area contributed by atoms with Gasteiger partial charge in [0.15, 0.2) is 0 Å². The normalized spacial score (nSPS) is 21.6. The fraction of sp³-hybridized carbons (Fsp3) is 0.750. The van der Waals surface area contributed by atoms with E-state index in [1.54, 1.807) is 0 Å². The number of anilines is 2. The van der Waals surface area contributed by atoms with Crippen LogP contribution in [0.25, 0.3) is 0 Å². The van der Waals surface area contributed by atoms with Gasteiger partial charge in [-0.15, -0.1) is 0 Å². The van der Waals surface area contributed by atoms with Gasteiger partial charge in [-0.05, 0) is 20.8 Å². The molecule has 0 bridgehead atoms. The summed E-state index contributed by atoms with van der Waals surface area (Å²) in [6.45, 7) is 12.0. The first kappa shape index (κ1) is 11.3. The molecule has 90 valence electrons. The summed E-state index contributed by atoms with van der Waals surface area (Å²) < 4.78 is 1.92. The minimum atomic E-state index is 0.0332. The van der Waals surface area contributed by atoms with Crippen LogP contribution in [-0.2, 0) is 7.05 Å². The number of aryl methyl sites for hydroxylation is 2. The van der Waals surface area contributed by atoms with E-state index in [4.69, 9.17) is 0 Å². The van der Waals surface area contributed by atoms with E-state index in [1.807, 2.05) is 18.7 Å². The van der Waals surface area contributed by atoms with Crippen LogP contribution in [0.2, 0.25) is 0 Å². The Labute approximate surface area is 97.4 Å². The summed E-state index contributed by atoms with van der Waals surface area (Å²) >= 11 is 0. The standard InChI is InChI=1S/C12H22N4/c1-8-9-10(16(6)15-8)14-12(4,5)11(2,3)7-13-9/h13-14H,7H2,1-6H3. The zero-order valence-corrected chi connectivity index (χ0v) is 11.1. The smallest absolute Gasteiger partial charge is 0.148 e. The maximum atomic E-state index is 4.44. The van der Waals surface area contributed by atoms with E-state index in [0.29, 0.717) is 0 Å². The molecule has 2 heterocycles. The molecule has 0 atom stereocenters. The lowest BCUT2D eigenvalue weighted by Crippen LogP contribution is -2.48. The predicted octanol–water partition coefficient (Wildman–Crippen LogP) is 2.37. The summed E-state index contributed by atoms with van der Waals surface area (Å²) in [7, 11) is 1.98. The van der Waals surface area contributed by atoms with E-state index in [0.717, 1.165) is 23.7 Å². The van der Waals surface area contributed by atoms with Crippen LogP contribution >= 0.6 is 0 Å². The summed E-state index contributed by atoms with van der Waals surface area (Å²) in [6, 6.07) is 0. The van der Waals surface area contributed by atoms with Crippen molar-refractivity contribution in [3.63, 3.8) is 0 Å². The highest BCUT2D eigenvalue weighted by Crippen LogP contribution is 2.40. The van der Waals surface area contributed by atoms with Gasteiger partial charge < -0.3 is 10.6 Å². The summed E-state index contributed by atoms with van der Waals surface area (Å²) in [5, 5.41) is 11.6. The average Bonchev–Trinajstić information content (AvgIpc) is 2.32. The van der Waals surface area contributed by atoms with Gasteiger partial charge in [0, 0.05) is 24.5 Å². The van der Waals surface area contributed by atoms with E-state index >= 15 is 0 Å². The molecule has 0 fully saturated rings. The molecule has 4 heteroatoms. The van der Waals surface area contributed by atoms with Crippen molar-refractivity contribution in [1.29, 1.82) is 0 Å². The highest BCUT2D eigenvalue weighted by Gasteiger charge is 2.40. The van der Waals surface area contributed by atoms with Crippen molar-refractivity contribution < 1.29 is 0 Å². The summed E-state index contributed by atoms with van der Waals surface area (Å²) in [5.41, 5.74) is 2.41. The Bertz CT molecular complexity index is 415. The highest BCUT2D eigenvalue weighted by atomic mass is 15.3. The number of nitrogens with zero attached hydrogens (tertiary/aromatic N) is 2. The van der Waals surface area contributed by atoms with E-state index in [1.165, 1.54) is 0 Å². The lowest BCUT2D eigenvalue weighted by atomic mass is 9.75. The van der Waals surface area contributed by atoms with Gasteiger partial charge in [-0.2, -0.15) is 5.10 Å². The maximum absolute atomic E-state index is 4.44. The Hall–Kier alpha value is -1.19. The van der Waals surface area contributed by atoms with Crippen LogP contribution in [0, 0.1) is 12.3 Å². The summed E-state index contributed by atoms with van der Waals surface area (Å²) in [5.74, 6) is 1.09. The second-order valence-electron chi connectivity index (χ2n) is 5.92. The van der Waals surface area contributed by atoms with Crippen molar-refractivity contribution in [3.8, 4) is 0 Å². The first-order valence-corrected chi connectivity index (χ1v) is 5.80. The molecule has 2 rings (SSSR count). The molecule has 0 unspecified atom stereocenters. The molecular formula is C12H22N4. The second-order valence-corrected chi connectivity index (χ2v) is 5.92. The van der Waals surface area contributed by atoms with Gasteiger partial charge in [-0.25, -0.2) is 0 Å². The number of rotatable bonds is 0. The molecule has 1 aliphatic heterocycles. The van der Waals surface area contributed by atoms with Gasteiger partial charge in [0.2, 0.25) is 0 Å². The molecular weight excluding hydrogens is 200 g/mol. The molecule has 16 heavy (non-hydrogen) atoms. The highest BCUT2D eigenvalue weighted by molar-refractivity contribution is 5.70. The number of nitrogens with one attached hydrogen (secondary N) is 2. The Morgan fingerprint density at radius 2 is 1.88 bits per heavy atom. The molecule has 0 radical (unpaired) electrons. The van der Waals surface area contributed by atoms with E-state index in [2.05, 4.69) is 43.4 Å². The third-order valence-electron chi connectivity index (χ3n) is 4.05. The van der Waals surface area contributed by atoms with Gasteiger partial charge in [-0.3, -0.25) is 4.68 Å². The van der Waals surface area contributed by atoms with Crippen LogP contribution in [0.5, 0.6) is 0 Å². The molecule has 0 aliphatic carbocycles. The fourth-order valence-corrected chi connectivity index (χ4v) is 2.01. The lowest BCUT2D eigenvalue weighted by Gasteiger charge is -2.40. The molecule has 0 aromatic carbocycles. The SMILES string of the molecule is Cc1nn(C)c2c1NCC(C)(C)C(C)(C)N2. The minimum absolute atomic E-state index is 0.0332. The fourth-order valence-electron chi connectivity index (χ4n) is 2.01. The van der Waals surface area contributed by atoms with E-state index < -0.39 is 0 Å². The van der Waals surface area contributed by atoms with Crippen molar-refractivity contribution in [2.24, 2.45) is 12.5 Å². The number of hydrogen-bond acceptors (Lipinski definition) is 3. The summed E-state index contributed by atoms with van der Waals surface area (Å²) in [6.07, 6.45) is 0. The molecule has 2 N–H and O–H groups in total. The van der Waals surface area contributed by atoms with Crippen LogP contribution in [0.1, 0.15) is 33.4 Å². The largest absolute Gasteiger partial charge is 0.380 e. The van der Waals surface area contributed by atoms with Crippen molar-refractivity contribution >= 4 is 11.5 Å². The van der Waals surface area contributed by atoms with Gasteiger partial charge in [-0.1, -0.05) is 13.8 Å². The number of hydrogen-bond donors (Lipinski definition) is 2. The van der Waals surface area contributed by atoms with Gasteiger partial charge in [0.1, 0.15) is 11.5 Å². The lowest BCUT2D eigenvalue weighted by molar-refractivity contribution is 0.244. The molecule has 1 aliphatic rings. The maximum Gasteiger partial charge on any atom is 0.148 e. The average molecular weight is 222 g/mol. The van der Waals surface area contributed by atoms with Crippen molar-refractivity contribution in [3.05, 3.63) is 5.69 Å². The summed E-state index contributed by atoms with van der Waals surface area (Å²) in [4.78, 5) is 0. The van der Waals surface area contributed by atoms with Crippen molar-refractivity contribution in [1.82, 2.24) is 9.78 Å². The molecule has 0 spiro atoms. The Kier molecular flexibility index (Phi) is 2.23. The van der Waals surface area contributed by atoms with Crippen molar-refractivity contribution in [2.45, 2.75) is 40.2 Å². The second kappa shape index (κ2) is 3.15. The molecule has 1 aromatic rings. The minimum Gasteiger partial charge on any atom is -0.380 e. The molecule has 1 aromatic heterocycles. The van der Waals surface area contributed by atoms with Gasteiger partial charge in [0.25, 0.3) is 0 Å². The Balaban J connectivity index is 2.49.